The Bertz CT molecular complexity index is 528. The number of hydrogen-bond donors (Lipinski definition) is 1. The fourth-order valence-electron chi connectivity index (χ4n) is 2.79. The van der Waals surface area contributed by atoms with Crippen molar-refractivity contribution in [2.45, 2.75) is 51.7 Å². The normalized spacial score (nSPS) is 22.9. The van der Waals surface area contributed by atoms with E-state index in [1.807, 2.05) is 0 Å². The number of nitrogens with one attached hydrogen (secondary N) is 1. The van der Waals surface area contributed by atoms with Crippen LogP contribution in [-0.4, -0.2) is 16.9 Å². The van der Waals surface area contributed by atoms with E-state index in [4.69, 9.17) is 0 Å². The first kappa shape index (κ1) is 15.8. The minimum Gasteiger partial charge on any atom is -0.349 e. The third-order valence-electron chi connectivity index (χ3n) is 3.89. The van der Waals surface area contributed by atoms with Crippen molar-refractivity contribution in [3.8, 4) is 0 Å². The van der Waals surface area contributed by atoms with Gasteiger partial charge >= 0.3 is 6.18 Å². The second-order valence-electron chi connectivity index (χ2n) is 5.77. The highest BCUT2D eigenvalue weighted by molar-refractivity contribution is 5.95. The van der Waals surface area contributed by atoms with Crippen LogP contribution >= 0.6 is 0 Å². The summed E-state index contributed by atoms with van der Waals surface area (Å²) in [7, 11) is 0. The fourth-order valence-corrected chi connectivity index (χ4v) is 2.79. The minimum atomic E-state index is -4.49. The van der Waals surface area contributed by atoms with Gasteiger partial charge in [0.25, 0.3) is 5.91 Å². The van der Waals surface area contributed by atoms with Crippen molar-refractivity contribution in [3.05, 3.63) is 29.1 Å². The third kappa shape index (κ3) is 3.95. The zero-order valence-corrected chi connectivity index (χ0v) is 12.1. The van der Waals surface area contributed by atoms with Gasteiger partial charge < -0.3 is 5.32 Å². The summed E-state index contributed by atoms with van der Waals surface area (Å²) in [4.78, 5) is 15.7. The van der Waals surface area contributed by atoms with E-state index in [0.717, 1.165) is 31.7 Å². The first-order chi connectivity index (χ1) is 9.77. The Kier molecular flexibility index (Phi) is 4.54. The van der Waals surface area contributed by atoms with Gasteiger partial charge in [-0.05, 0) is 37.8 Å². The van der Waals surface area contributed by atoms with Gasteiger partial charge in [-0.1, -0.05) is 19.8 Å². The van der Waals surface area contributed by atoms with Crippen LogP contribution in [0.5, 0.6) is 0 Å². The Labute approximate surface area is 122 Å². The van der Waals surface area contributed by atoms with Gasteiger partial charge in [0.1, 0.15) is 5.69 Å². The molecule has 0 bridgehead atoms. The predicted octanol–water partition coefficient (Wildman–Crippen LogP) is 3.72. The molecule has 21 heavy (non-hydrogen) atoms. The SMILES string of the molecule is Cc1nc(C(F)(F)F)ccc1C(=O)NC1CCCC(C)C1. The molecule has 1 aromatic rings. The molecule has 0 radical (unpaired) electrons. The summed E-state index contributed by atoms with van der Waals surface area (Å²) < 4.78 is 37.7. The van der Waals surface area contributed by atoms with Gasteiger partial charge in [-0.3, -0.25) is 4.79 Å². The molecule has 2 atom stereocenters. The molecule has 0 saturated heterocycles. The van der Waals surface area contributed by atoms with Crippen molar-refractivity contribution >= 4 is 5.91 Å². The first-order valence-corrected chi connectivity index (χ1v) is 7.13. The molecule has 0 aliphatic heterocycles. The van der Waals surface area contributed by atoms with Crippen LogP contribution in [0.3, 0.4) is 0 Å². The van der Waals surface area contributed by atoms with E-state index in [1.54, 1.807) is 0 Å². The maximum Gasteiger partial charge on any atom is 0.433 e. The Morgan fingerprint density at radius 1 is 1.33 bits per heavy atom. The lowest BCUT2D eigenvalue weighted by Gasteiger charge is -2.27. The number of alkyl halides is 3. The van der Waals surface area contributed by atoms with E-state index >= 15 is 0 Å². The number of aromatic nitrogens is 1. The number of hydrogen-bond acceptors (Lipinski definition) is 2. The van der Waals surface area contributed by atoms with Crippen LogP contribution in [0, 0.1) is 12.8 Å². The Hall–Kier alpha value is -1.59. The highest BCUT2D eigenvalue weighted by Gasteiger charge is 2.33. The predicted molar refractivity (Wildman–Crippen MR) is 72.9 cm³/mol. The molecule has 116 valence electrons. The van der Waals surface area contributed by atoms with Gasteiger partial charge in [0.2, 0.25) is 0 Å². The molecule has 1 saturated carbocycles. The number of nitrogens with zero attached hydrogens (tertiary/aromatic N) is 1. The van der Waals surface area contributed by atoms with Crippen molar-refractivity contribution in [2.75, 3.05) is 0 Å². The largest absolute Gasteiger partial charge is 0.433 e. The van der Waals surface area contributed by atoms with E-state index in [-0.39, 0.29) is 23.2 Å². The summed E-state index contributed by atoms with van der Waals surface area (Å²) in [6, 6.07) is 2.15. The van der Waals surface area contributed by atoms with Gasteiger partial charge in [-0.2, -0.15) is 13.2 Å². The highest BCUT2D eigenvalue weighted by Crippen LogP contribution is 2.28. The Morgan fingerprint density at radius 2 is 2.05 bits per heavy atom. The zero-order chi connectivity index (χ0) is 15.6. The fraction of sp³-hybridized carbons (Fsp3) is 0.600. The molecule has 1 aliphatic carbocycles. The summed E-state index contributed by atoms with van der Waals surface area (Å²) in [5.74, 6) is 0.226. The van der Waals surface area contributed by atoms with Crippen molar-refractivity contribution in [3.63, 3.8) is 0 Å². The van der Waals surface area contributed by atoms with E-state index < -0.39 is 11.9 Å². The average molecular weight is 300 g/mol. The molecule has 6 heteroatoms. The number of aryl methyl sites for hydroxylation is 1. The molecule has 1 aliphatic rings. The van der Waals surface area contributed by atoms with Gasteiger partial charge in [0.05, 0.1) is 11.3 Å². The molecule has 1 amide bonds. The summed E-state index contributed by atoms with van der Waals surface area (Å²) in [6.07, 6.45) is -0.426. The third-order valence-corrected chi connectivity index (χ3v) is 3.89. The number of amides is 1. The lowest BCUT2D eigenvalue weighted by Crippen LogP contribution is -2.38. The summed E-state index contributed by atoms with van der Waals surface area (Å²) in [5.41, 5.74) is -0.657. The van der Waals surface area contributed by atoms with Gasteiger partial charge in [-0.25, -0.2) is 4.98 Å². The highest BCUT2D eigenvalue weighted by atomic mass is 19.4. The van der Waals surface area contributed by atoms with Crippen LogP contribution in [-0.2, 0) is 6.18 Å². The molecule has 1 aromatic heterocycles. The van der Waals surface area contributed by atoms with Crippen LogP contribution in [0.25, 0.3) is 0 Å². The van der Waals surface area contributed by atoms with E-state index in [1.165, 1.54) is 13.0 Å². The molecule has 0 aromatic carbocycles. The maximum atomic E-state index is 12.6. The van der Waals surface area contributed by atoms with Crippen molar-refractivity contribution in [1.82, 2.24) is 10.3 Å². The average Bonchev–Trinajstić information content (AvgIpc) is 2.37. The topological polar surface area (TPSA) is 42.0 Å². The van der Waals surface area contributed by atoms with Gasteiger partial charge in [0.15, 0.2) is 0 Å². The van der Waals surface area contributed by atoms with Crippen molar-refractivity contribution in [2.24, 2.45) is 5.92 Å². The van der Waals surface area contributed by atoms with Crippen LogP contribution in [0.4, 0.5) is 13.2 Å². The summed E-state index contributed by atoms with van der Waals surface area (Å²) in [5, 5.41) is 2.90. The standard InChI is InChI=1S/C15H19F3N2O/c1-9-4-3-5-11(8-9)20-14(21)12-6-7-13(15(16,17)18)19-10(12)2/h6-7,9,11H,3-5,8H2,1-2H3,(H,20,21). The number of pyridine rings is 1. The molecule has 1 fully saturated rings. The molecule has 0 spiro atoms. The number of carbonyl (C=O) groups excluding carboxylic acids is 1. The van der Waals surface area contributed by atoms with E-state index in [0.29, 0.717) is 5.92 Å². The lowest BCUT2D eigenvalue weighted by molar-refractivity contribution is -0.141. The van der Waals surface area contributed by atoms with Crippen LogP contribution < -0.4 is 5.32 Å². The molecular formula is C15H19F3N2O. The Morgan fingerprint density at radius 3 is 2.62 bits per heavy atom. The van der Waals surface area contributed by atoms with Crippen LogP contribution in [0.1, 0.15) is 54.4 Å². The van der Waals surface area contributed by atoms with Gasteiger partial charge in [-0.15, -0.1) is 0 Å². The molecule has 1 heterocycles. The smallest absolute Gasteiger partial charge is 0.349 e. The van der Waals surface area contributed by atoms with Crippen LogP contribution in [0.2, 0.25) is 0 Å². The molecular weight excluding hydrogens is 281 g/mol. The summed E-state index contributed by atoms with van der Waals surface area (Å²) >= 11 is 0. The first-order valence-electron chi connectivity index (χ1n) is 7.13. The van der Waals surface area contributed by atoms with Crippen LogP contribution in [0.15, 0.2) is 12.1 Å². The Balaban J connectivity index is 2.09. The quantitative estimate of drug-likeness (QED) is 0.904. The van der Waals surface area contributed by atoms with Crippen molar-refractivity contribution in [1.29, 1.82) is 0 Å². The zero-order valence-electron chi connectivity index (χ0n) is 12.1. The second-order valence-corrected chi connectivity index (χ2v) is 5.77. The molecule has 1 N–H and O–H groups in total. The second kappa shape index (κ2) is 6.03. The number of halogens is 3. The summed E-state index contributed by atoms with van der Waals surface area (Å²) in [6.45, 7) is 3.57. The van der Waals surface area contributed by atoms with E-state index in [9.17, 15) is 18.0 Å². The molecule has 2 rings (SSSR count). The van der Waals surface area contributed by atoms with E-state index in [2.05, 4.69) is 17.2 Å². The molecule has 2 unspecified atom stereocenters. The molecule has 3 nitrogen and oxygen atoms in total. The monoisotopic (exact) mass is 300 g/mol. The number of rotatable bonds is 2. The van der Waals surface area contributed by atoms with Gasteiger partial charge in [0, 0.05) is 6.04 Å². The van der Waals surface area contributed by atoms with Crippen molar-refractivity contribution < 1.29 is 18.0 Å². The minimum absolute atomic E-state index is 0.0999. The number of carbonyl (C=O) groups is 1. The maximum absolute atomic E-state index is 12.6. The lowest BCUT2D eigenvalue weighted by atomic mass is 9.87.